The highest BCUT2D eigenvalue weighted by Crippen LogP contribution is 2.46. The first-order valence-electron chi connectivity index (χ1n) is 7.70. The molecule has 152 valence electrons. The number of halogens is 6. The van der Waals surface area contributed by atoms with E-state index in [4.69, 9.17) is 4.74 Å². The second kappa shape index (κ2) is 6.88. The van der Waals surface area contributed by atoms with E-state index in [0.717, 1.165) is 7.11 Å². The number of carbonyl (C=O) groups excluding carboxylic acids is 2. The number of allylic oxidation sites excluding steroid dienone is 1. The van der Waals surface area contributed by atoms with Crippen LogP contribution in [0.2, 0.25) is 0 Å². The number of dihydropyridines is 1. The van der Waals surface area contributed by atoms with Gasteiger partial charge in [0.25, 0.3) is 0 Å². The highest BCUT2D eigenvalue weighted by Gasteiger charge is 2.47. The van der Waals surface area contributed by atoms with Gasteiger partial charge in [0.2, 0.25) is 0 Å². The van der Waals surface area contributed by atoms with Crippen LogP contribution in [0.25, 0.3) is 0 Å². The zero-order chi connectivity index (χ0) is 20.8. The molecule has 0 aromatic heterocycles. The van der Waals surface area contributed by atoms with E-state index < -0.39 is 76.9 Å². The second-order valence-electron chi connectivity index (χ2n) is 5.89. The van der Waals surface area contributed by atoms with Crippen molar-refractivity contribution in [1.29, 1.82) is 0 Å². The van der Waals surface area contributed by atoms with E-state index in [2.05, 4.69) is 10.1 Å². The summed E-state index contributed by atoms with van der Waals surface area (Å²) in [5, 5.41) is 2.42. The van der Waals surface area contributed by atoms with E-state index >= 15 is 0 Å². The number of rotatable bonds is 3. The highest BCUT2D eigenvalue weighted by atomic mass is 19.4. The summed E-state index contributed by atoms with van der Waals surface area (Å²) in [6.07, 6.45) is -5.29. The van der Waals surface area contributed by atoms with Crippen LogP contribution < -0.4 is 5.32 Å². The molecule has 0 spiro atoms. The van der Waals surface area contributed by atoms with Crippen LogP contribution in [0.15, 0.2) is 34.7 Å². The van der Waals surface area contributed by atoms with Crippen molar-refractivity contribution < 1.29 is 46.8 Å². The number of methoxy groups -OCH3 is 1. The van der Waals surface area contributed by atoms with E-state index in [1.807, 2.05) is 0 Å². The molecule has 0 fully saturated rings. The van der Waals surface area contributed by atoms with Crippen molar-refractivity contribution in [3.63, 3.8) is 0 Å². The van der Waals surface area contributed by atoms with Crippen molar-refractivity contribution in [2.24, 2.45) is 0 Å². The first-order chi connectivity index (χ1) is 13.1. The van der Waals surface area contributed by atoms with Gasteiger partial charge in [0.1, 0.15) is 24.9 Å². The molecule has 3 rings (SSSR count). The summed E-state index contributed by atoms with van der Waals surface area (Å²) in [7, 11) is 0.885. The van der Waals surface area contributed by atoms with Crippen molar-refractivity contribution in [3.05, 3.63) is 57.4 Å². The summed E-state index contributed by atoms with van der Waals surface area (Å²) < 4.78 is 91.2. The van der Waals surface area contributed by atoms with E-state index in [0.29, 0.717) is 6.07 Å². The Bertz CT molecular complexity index is 941. The molecule has 2 aliphatic heterocycles. The molecular formula is C17H13F6NO4. The molecule has 0 saturated carbocycles. The fraction of sp³-hybridized carbons (Fsp3) is 0.294. The van der Waals surface area contributed by atoms with Gasteiger partial charge in [-0.1, -0.05) is 0 Å². The lowest BCUT2D eigenvalue weighted by atomic mass is 9.78. The topological polar surface area (TPSA) is 64.6 Å². The molecule has 1 N–H and O–H groups in total. The van der Waals surface area contributed by atoms with Crippen molar-refractivity contribution in [1.82, 2.24) is 5.32 Å². The summed E-state index contributed by atoms with van der Waals surface area (Å²) in [6, 6.07) is 0.365. The number of benzene rings is 1. The average molecular weight is 409 g/mol. The molecule has 0 saturated heterocycles. The third kappa shape index (κ3) is 3.10. The lowest BCUT2D eigenvalue weighted by molar-refractivity contribution is -0.142. The maximum absolute atomic E-state index is 14.1. The number of alkyl halides is 4. The lowest BCUT2D eigenvalue weighted by Gasteiger charge is -2.29. The Labute approximate surface area is 155 Å². The maximum Gasteiger partial charge on any atom is 0.419 e. The van der Waals surface area contributed by atoms with Crippen LogP contribution in [0.3, 0.4) is 0 Å². The molecule has 1 atom stereocenters. The van der Waals surface area contributed by atoms with Gasteiger partial charge in [-0.15, -0.1) is 0 Å². The third-order valence-corrected chi connectivity index (χ3v) is 4.32. The third-order valence-electron chi connectivity index (χ3n) is 4.32. The number of carbonyl (C=O) groups is 2. The molecule has 0 aliphatic carbocycles. The Balaban J connectivity index is 0.00000300. The Morgan fingerprint density at radius 1 is 1.36 bits per heavy atom. The Kier molecular flexibility index (Phi) is 4.86. The molecular weight excluding hydrogens is 396 g/mol. The summed E-state index contributed by atoms with van der Waals surface area (Å²) in [6.45, 7) is -1.77. The van der Waals surface area contributed by atoms with Crippen LogP contribution in [0.5, 0.6) is 0 Å². The van der Waals surface area contributed by atoms with Crippen LogP contribution in [0, 0.1) is 11.6 Å². The standard InChI is InChI=1S/C17H11F6NO4.H2/c1-27-15(25)12-9(4-18)24-10-5-28-16(26)13(10)11(12)7-2-6(19)3-8(20)14(7)17(21,22)23;/h2-3,11,24H,4-5H2,1H3;1H/t11-;/m0./s1. The monoisotopic (exact) mass is 409 g/mol. The Hall–Kier alpha value is -2.98. The normalized spacial score (nSPS) is 19.4. The minimum absolute atomic E-state index is 0. The smallest absolute Gasteiger partial charge is 0.419 e. The number of esters is 2. The predicted molar refractivity (Wildman–Crippen MR) is 82.4 cm³/mol. The quantitative estimate of drug-likeness (QED) is 0.614. The largest absolute Gasteiger partial charge is 0.466 e. The van der Waals surface area contributed by atoms with Crippen LogP contribution >= 0.6 is 0 Å². The van der Waals surface area contributed by atoms with Gasteiger partial charge in [0, 0.05) is 7.49 Å². The molecule has 0 unspecified atom stereocenters. The van der Waals surface area contributed by atoms with E-state index in [1.165, 1.54) is 0 Å². The molecule has 0 amide bonds. The van der Waals surface area contributed by atoms with Crippen LogP contribution in [-0.2, 0) is 25.2 Å². The molecule has 1 aromatic rings. The van der Waals surface area contributed by atoms with Gasteiger partial charge in [-0.2, -0.15) is 13.2 Å². The molecule has 5 nitrogen and oxygen atoms in total. The number of nitrogens with one attached hydrogen (secondary N) is 1. The van der Waals surface area contributed by atoms with Gasteiger partial charge in [0.05, 0.1) is 41.1 Å². The zero-order valence-electron chi connectivity index (χ0n) is 14.0. The summed E-state index contributed by atoms with van der Waals surface area (Å²) in [4.78, 5) is 24.3. The van der Waals surface area contributed by atoms with Crippen molar-refractivity contribution >= 4 is 11.9 Å². The van der Waals surface area contributed by atoms with Gasteiger partial charge in [-0.3, -0.25) is 0 Å². The van der Waals surface area contributed by atoms with Gasteiger partial charge < -0.3 is 14.8 Å². The minimum Gasteiger partial charge on any atom is -0.466 e. The SMILES string of the molecule is COC(=O)C1=C(CF)NC2=C(C(=O)OC2)[C@H]1c1cc(F)cc(F)c1C(F)(F)F.[HH]. The first kappa shape index (κ1) is 19.8. The molecule has 2 heterocycles. The van der Waals surface area contributed by atoms with Crippen LogP contribution in [-0.4, -0.2) is 32.3 Å². The number of hydrogen-bond donors (Lipinski definition) is 1. The van der Waals surface area contributed by atoms with Crippen LogP contribution in [0.4, 0.5) is 26.3 Å². The summed E-state index contributed by atoms with van der Waals surface area (Å²) in [5.41, 5.74) is -4.73. The van der Waals surface area contributed by atoms with Crippen molar-refractivity contribution in [2.45, 2.75) is 12.1 Å². The molecule has 1 aromatic carbocycles. The highest BCUT2D eigenvalue weighted by molar-refractivity contribution is 6.01. The van der Waals surface area contributed by atoms with Crippen molar-refractivity contribution in [3.8, 4) is 0 Å². The molecule has 11 heteroatoms. The number of ether oxygens (including phenoxy) is 2. The number of cyclic esters (lactones) is 1. The first-order valence-corrected chi connectivity index (χ1v) is 7.70. The van der Waals surface area contributed by atoms with Crippen molar-refractivity contribution in [2.75, 3.05) is 20.4 Å². The Morgan fingerprint density at radius 2 is 2.04 bits per heavy atom. The van der Waals surface area contributed by atoms with E-state index in [9.17, 15) is 35.9 Å². The van der Waals surface area contributed by atoms with Crippen LogP contribution in [0.1, 0.15) is 18.5 Å². The number of hydrogen-bond acceptors (Lipinski definition) is 5. The lowest BCUT2D eigenvalue weighted by Crippen LogP contribution is -2.33. The fourth-order valence-electron chi connectivity index (χ4n) is 3.27. The second-order valence-corrected chi connectivity index (χ2v) is 5.89. The average Bonchev–Trinajstić information content (AvgIpc) is 2.98. The molecule has 28 heavy (non-hydrogen) atoms. The van der Waals surface area contributed by atoms with Gasteiger partial charge in [0.15, 0.2) is 0 Å². The molecule has 0 bridgehead atoms. The maximum atomic E-state index is 14.1. The summed E-state index contributed by atoms with van der Waals surface area (Å²) >= 11 is 0. The van der Waals surface area contributed by atoms with Gasteiger partial charge in [-0.25, -0.2) is 22.8 Å². The van der Waals surface area contributed by atoms with Gasteiger partial charge >= 0.3 is 18.1 Å². The van der Waals surface area contributed by atoms with E-state index in [1.54, 1.807) is 0 Å². The fourth-order valence-corrected chi connectivity index (χ4v) is 3.27. The van der Waals surface area contributed by atoms with E-state index in [-0.39, 0.29) is 13.2 Å². The Morgan fingerprint density at radius 3 is 2.61 bits per heavy atom. The predicted octanol–water partition coefficient (Wildman–Crippen LogP) is 3.12. The van der Waals surface area contributed by atoms with Gasteiger partial charge in [-0.05, 0) is 11.6 Å². The summed E-state index contributed by atoms with van der Waals surface area (Å²) in [5.74, 6) is -7.64. The molecule has 2 aliphatic rings. The zero-order valence-corrected chi connectivity index (χ0v) is 14.0. The molecule has 0 radical (unpaired) electrons. The minimum atomic E-state index is -5.29.